The number of carboxylic acid groups (broad SMARTS) is 1. The smallest absolute Gasteiger partial charge is 0.306 e. The van der Waals surface area contributed by atoms with E-state index in [1.54, 1.807) is 4.90 Å². The summed E-state index contributed by atoms with van der Waals surface area (Å²) < 4.78 is 10.9. The Labute approximate surface area is 136 Å². The van der Waals surface area contributed by atoms with E-state index in [0.29, 0.717) is 45.8 Å². The molecule has 6 nitrogen and oxygen atoms in total. The summed E-state index contributed by atoms with van der Waals surface area (Å²) in [6, 6.07) is 9.90. The molecule has 6 heteroatoms. The van der Waals surface area contributed by atoms with Crippen molar-refractivity contribution in [2.75, 3.05) is 26.3 Å². The highest BCUT2D eigenvalue weighted by Crippen LogP contribution is 2.11. The molecule has 1 heterocycles. The van der Waals surface area contributed by atoms with Gasteiger partial charge in [0.1, 0.15) is 0 Å². The van der Waals surface area contributed by atoms with Gasteiger partial charge in [-0.05, 0) is 12.0 Å². The molecule has 1 fully saturated rings. The van der Waals surface area contributed by atoms with Gasteiger partial charge in [0.25, 0.3) is 0 Å². The topological polar surface area (TPSA) is 76.1 Å². The van der Waals surface area contributed by atoms with E-state index in [0.717, 1.165) is 5.56 Å². The Morgan fingerprint density at radius 1 is 1.30 bits per heavy atom. The van der Waals surface area contributed by atoms with Gasteiger partial charge in [-0.25, -0.2) is 0 Å². The molecule has 1 aromatic rings. The highest BCUT2D eigenvalue weighted by molar-refractivity contribution is 5.76. The molecule has 1 N–H and O–H groups in total. The van der Waals surface area contributed by atoms with Crippen molar-refractivity contribution in [2.45, 2.75) is 32.0 Å². The number of benzene rings is 1. The quantitative estimate of drug-likeness (QED) is 0.737. The van der Waals surface area contributed by atoms with Gasteiger partial charge in [0, 0.05) is 26.1 Å². The van der Waals surface area contributed by atoms with Gasteiger partial charge in [-0.2, -0.15) is 0 Å². The average molecular weight is 321 g/mol. The molecule has 1 amide bonds. The summed E-state index contributed by atoms with van der Waals surface area (Å²) in [7, 11) is 0. The molecule has 1 aliphatic rings. The van der Waals surface area contributed by atoms with Crippen molar-refractivity contribution in [1.82, 2.24) is 4.90 Å². The Kier molecular flexibility index (Phi) is 7.03. The zero-order valence-electron chi connectivity index (χ0n) is 13.1. The van der Waals surface area contributed by atoms with Crippen LogP contribution in [0.2, 0.25) is 0 Å². The number of aliphatic carboxylic acids is 1. The lowest BCUT2D eigenvalue weighted by Gasteiger charge is -2.32. The molecule has 1 atom stereocenters. The third kappa shape index (κ3) is 6.38. The molecule has 0 saturated carbocycles. The van der Waals surface area contributed by atoms with Gasteiger partial charge >= 0.3 is 5.97 Å². The Morgan fingerprint density at radius 3 is 2.83 bits per heavy atom. The van der Waals surface area contributed by atoms with Crippen LogP contribution in [0.5, 0.6) is 0 Å². The first-order valence-corrected chi connectivity index (χ1v) is 7.88. The summed E-state index contributed by atoms with van der Waals surface area (Å²) in [5.74, 6) is -0.870. The SMILES string of the molecule is O=C(O)CC1CN(C(=O)CCCOCc2ccccc2)CCO1. The van der Waals surface area contributed by atoms with Gasteiger partial charge in [0.05, 0.1) is 25.7 Å². The van der Waals surface area contributed by atoms with E-state index in [4.69, 9.17) is 14.6 Å². The van der Waals surface area contributed by atoms with Crippen molar-refractivity contribution < 1.29 is 24.2 Å². The molecule has 23 heavy (non-hydrogen) atoms. The Morgan fingerprint density at radius 2 is 2.09 bits per heavy atom. The maximum atomic E-state index is 12.1. The number of hydrogen-bond donors (Lipinski definition) is 1. The summed E-state index contributed by atoms with van der Waals surface area (Å²) in [6.07, 6.45) is 0.602. The predicted molar refractivity (Wildman–Crippen MR) is 83.9 cm³/mol. The summed E-state index contributed by atoms with van der Waals surface area (Å²) in [6.45, 7) is 2.36. The van der Waals surface area contributed by atoms with E-state index in [1.807, 2.05) is 30.3 Å². The minimum atomic E-state index is -0.904. The second kappa shape index (κ2) is 9.27. The Bertz CT molecular complexity index is 505. The molecule has 0 bridgehead atoms. The maximum absolute atomic E-state index is 12.1. The van der Waals surface area contributed by atoms with Crippen molar-refractivity contribution >= 4 is 11.9 Å². The second-order valence-electron chi connectivity index (χ2n) is 5.57. The number of amides is 1. The van der Waals surface area contributed by atoms with Crippen molar-refractivity contribution in [3.05, 3.63) is 35.9 Å². The largest absolute Gasteiger partial charge is 0.481 e. The molecule has 0 radical (unpaired) electrons. The van der Waals surface area contributed by atoms with Crippen molar-refractivity contribution in [2.24, 2.45) is 0 Å². The lowest BCUT2D eigenvalue weighted by molar-refractivity contribution is -0.147. The molecule has 1 saturated heterocycles. The van der Waals surface area contributed by atoms with Crippen LogP contribution in [0.25, 0.3) is 0 Å². The number of morpholine rings is 1. The fraction of sp³-hybridized carbons (Fsp3) is 0.529. The van der Waals surface area contributed by atoms with Crippen molar-refractivity contribution in [1.29, 1.82) is 0 Å². The molecule has 0 aliphatic carbocycles. The van der Waals surface area contributed by atoms with Crippen LogP contribution < -0.4 is 0 Å². The lowest BCUT2D eigenvalue weighted by atomic mass is 10.2. The number of rotatable bonds is 8. The first-order valence-electron chi connectivity index (χ1n) is 7.88. The van der Waals surface area contributed by atoms with Gasteiger partial charge < -0.3 is 19.5 Å². The van der Waals surface area contributed by atoms with E-state index < -0.39 is 12.1 Å². The number of hydrogen-bond acceptors (Lipinski definition) is 4. The highest BCUT2D eigenvalue weighted by atomic mass is 16.5. The Balaban J connectivity index is 1.61. The van der Waals surface area contributed by atoms with Gasteiger partial charge in [-0.1, -0.05) is 30.3 Å². The minimum absolute atomic E-state index is 0.0343. The van der Waals surface area contributed by atoms with Crippen LogP contribution in [0.4, 0.5) is 0 Å². The van der Waals surface area contributed by atoms with Gasteiger partial charge in [0.2, 0.25) is 5.91 Å². The molecule has 1 unspecified atom stereocenters. The summed E-state index contributed by atoms with van der Waals surface area (Å²) in [5, 5.41) is 8.79. The van der Waals surface area contributed by atoms with E-state index >= 15 is 0 Å². The number of carbonyl (C=O) groups excluding carboxylic acids is 1. The van der Waals surface area contributed by atoms with Crippen LogP contribution in [-0.2, 0) is 25.7 Å². The number of carboxylic acids is 1. The molecule has 1 aromatic carbocycles. The van der Waals surface area contributed by atoms with Gasteiger partial charge in [-0.3, -0.25) is 9.59 Å². The van der Waals surface area contributed by atoms with Crippen molar-refractivity contribution in [3.63, 3.8) is 0 Å². The summed E-state index contributed by atoms with van der Waals surface area (Å²) in [5.41, 5.74) is 1.11. The lowest BCUT2D eigenvalue weighted by Crippen LogP contribution is -2.46. The third-order valence-corrected chi connectivity index (χ3v) is 3.68. The van der Waals surface area contributed by atoms with E-state index in [1.165, 1.54) is 0 Å². The molecular weight excluding hydrogens is 298 g/mol. The predicted octanol–water partition coefficient (Wildman–Crippen LogP) is 1.69. The minimum Gasteiger partial charge on any atom is -0.481 e. The van der Waals surface area contributed by atoms with E-state index in [9.17, 15) is 9.59 Å². The molecule has 126 valence electrons. The molecule has 0 aromatic heterocycles. The van der Waals surface area contributed by atoms with Crippen molar-refractivity contribution in [3.8, 4) is 0 Å². The summed E-state index contributed by atoms with van der Waals surface area (Å²) >= 11 is 0. The van der Waals surface area contributed by atoms with Gasteiger partial charge in [-0.15, -0.1) is 0 Å². The highest BCUT2D eigenvalue weighted by Gasteiger charge is 2.25. The van der Waals surface area contributed by atoms with Crippen LogP contribution in [-0.4, -0.2) is 54.3 Å². The zero-order chi connectivity index (χ0) is 16.5. The zero-order valence-corrected chi connectivity index (χ0v) is 13.1. The molecular formula is C17H23NO5. The van der Waals surface area contributed by atoms with E-state index in [2.05, 4.69) is 0 Å². The van der Waals surface area contributed by atoms with E-state index in [-0.39, 0.29) is 12.3 Å². The van der Waals surface area contributed by atoms with Crippen LogP contribution in [0.15, 0.2) is 30.3 Å². The Hall–Kier alpha value is -1.92. The molecule has 0 spiro atoms. The van der Waals surface area contributed by atoms with Gasteiger partial charge in [0.15, 0.2) is 0 Å². The second-order valence-corrected chi connectivity index (χ2v) is 5.57. The molecule has 1 aliphatic heterocycles. The molecule has 2 rings (SSSR count). The number of nitrogens with zero attached hydrogens (tertiary/aromatic N) is 1. The normalized spacial score (nSPS) is 17.9. The monoisotopic (exact) mass is 321 g/mol. The van der Waals surface area contributed by atoms with Crippen LogP contribution in [0, 0.1) is 0 Å². The van der Waals surface area contributed by atoms with Crippen LogP contribution in [0.1, 0.15) is 24.8 Å². The summed E-state index contributed by atoms with van der Waals surface area (Å²) in [4.78, 5) is 24.5. The van der Waals surface area contributed by atoms with Crippen LogP contribution in [0.3, 0.4) is 0 Å². The van der Waals surface area contributed by atoms with Crippen LogP contribution >= 0.6 is 0 Å². The fourth-order valence-electron chi connectivity index (χ4n) is 2.51. The fourth-order valence-corrected chi connectivity index (χ4v) is 2.51. The standard InChI is InChI=1S/C17H23NO5/c19-16(18-8-10-23-15(12-18)11-17(20)21)7-4-9-22-13-14-5-2-1-3-6-14/h1-3,5-6,15H,4,7-13H2,(H,20,21). The number of ether oxygens (including phenoxy) is 2. The third-order valence-electron chi connectivity index (χ3n) is 3.68. The first kappa shape index (κ1) is 17.4. The number of carbonyl (C=O) groups is 2. The maximum Gasteiger partial charge on any atom is 0.306 e. The first-order chi connectivity index (χ1) is 11.1. The average Bonchev–Trinajstić information content (AvgIpc) is 2.55.